The molecule has 3 rings (SSSR count). The number of aromatic amines is 1. The number of nitrogens with one attached hydrogen (secondary N) is 1. The van der Waals surface area contributed by atoms with E-state index in [2.05, 4.69) is 4.98 Å². The lowest BCUT2D eigenvalue weighted by atomic mass is 10.1. The minimum atomic E-state index is -0.592. The summed E-state index contributed by atoms with van der Waals surface area (Å²) in [5.74, 6) is 0.251. The zero-order chi connectivity index (χ0) is 14.7. The first kappa shape index (κ1) is 14.1. The Hall–Kier alpha value is -1.81. The monoisotopic (exact) mass is 286 g/mol. The average Bonchev–Trinajstić information content (AvgIpc) is 3.15. The van der Waals surface area contributed by atoms with E-state index in [-0.39, 0.29) is 5.97 Å². The molecule has 0 bridgehead atoms. The quantitative estimate of drug-likeness (QED) is 0.830. The summed E-state index contributed by atoms with van der Waals surface area (Å²) in [7, 11) is 0. The summed E-state index contributed by atoms with van der Waals surface area (Å²) in [5, 5.41) is 1.12. The minimum Gasteiger partial charge on any atom is -0.464 e. The van der Waals surface area contributed by atoms with Crippen LogP contribution in [-0.2, 0) is 16.0 Å². The normalized spacial score (nSPS) is 17.2. The van der Waals surface area contributed by atoms with Gasteiger partial charge in [-0.2, -0.15) is 0 Å². The van der Waals surface area contributed by atoms with Crippen molar-refractivity contribution in [2.75, 3.05) is 6.61 Å². The van der Waals surface area contributed by atoms with Crippen molar-refractivity contribution < 1.29 is 9.53 Å². The standard InChI is InChI=1S/C17H22N2O2/c18-15(17(20)21-11-12-5-1-2-6-12)9-13-10-19-16-8-4-3-7-14(13)16/h3-4,7-8,10,12,15,19H,1-2,5-6,9,11,18H2. The van der Waals surface area contributed by atoms with E-state index in [4.69, 9.17) is 10.5 Å². The van der Waals surface area contributed by atoms with Gasteiger partial charge in [0.2, 0.25) is 0 Å². The van der Waals surface area contributed by atoms with E-state index in [1.807, 2.05) is 30.5 Å². The molecule has 1 atom stereocenters. The minimum absolute atomic E-state index is 0.285. The van der Waals surface area contributed by atoms with Gasteiger partial charge < -0.3 is 15.5 Å². The molecule has 1 aromatic heterocycles. The van der Waals surface area contributed by atoms with Crippen LogP contribution in [0, 0.1) is 5.92 Å². The van der Waals surface area contributed by atoms with Crippen LogP contribution in [0.5, 0.6) is 0 Å². The van der Waals surface area contributed by atoms with Crippen molar-refractivity contribution in [2.45, 2.75) is 38.1 Å². The van der Waals surface area contributed by atoms with Gasteiger partial charge in [-0.15, -0.1) is 0 Å². The number of carbonyl (C=O) groups excluding carboxylic acids is 1. The van der Waals surface area contributed by atoms with Gasteiger partial charge in [-0.1, -0.05) is 31.0 Å². The molecular formula is C17H22N2O2. The Labute approximate surface area is 124 Å². The van der Waals surface area contributed by atoms with Gasteiger partial charge in [0.05, 0.1) is 6.61 Å². The Morgan fingerprint density at radius 3 is 2.90 bits per heavy atom. The number of esters is 1. The third-order valence-corrected chi connectivity index (χ3v) is 4.35. The Balaban J connectivity index is 1.57. The molecule has 4 nitrogen and oxygen atoms in total. The molecule has 0 saturated heterocycles. The lowest BCUT2D eigenvalue weighted by Crippen LogP contribution is -2.35. The Morgan fingerprint density at radius 1 is 1.33 bits per heavy atom. The van der Waals surface area contributed by atoms with Gasteiger partial charge in [-0.05, 0) is 30.4 Å². The predicted octanol–water partition coefficient (Wildman–Crippen LogP) is 2.77. The van der Waals surface area contributed by atoms with Crippen molar-refractivity contribution in [1.82, 2.24) is 4.98 Å². The Morgan fingerprint density at radius 2 is 2.10 bits per heavy atom. The summed E-state index contributed by atoms with van der Waals surface area (Å²) in [6.07, 6.45) is 7.28. The average molecular weight is 286 g/mol. The van der Waals surface area contributed by atoms with Gasteiger partial charge in [-0.3, -0.25) is 4.79 Å². The number of para-hydroxylation sites is 1. The van der Waals surface area contributed by atoms with Crippen molar-refractivity contribution in [2.24, 2.45) is 11.7 Å². The fourth-order valence-corrected chi connectivity index (χ4v) is 3.10. The smallest absolute Gasteiger partial charge is 0.323 e. The first-order valence-electron chi connectivity index (χ1n) is 7.71. The summed E-state index contributed by atoms with van der Waals surface area (Å²) >= 11 is 0. The highest BCUT2D eigenvalue weighted by Crippen LogP contribution is 2.25. The number of fused-ring (bicyclic) bond motifs is 1. The number of benzene rings is 1. The van der Waals surface area contributed by atoms with Crippen molar-refractivity contribution in [3.8, 4) is 0 Å². The highest BCUT2D eigenvalue weighted by molar-refractivity contribution is 5.84. The van der Waals surface area contributed by atoms with Crippen molar-refractivity contribution in [3.63, 3.8) is 0 Å². The molecule has 21 heavy (non-hydrogen) atoms. The lowest BCUT2D eigenvalue weighted by molar-refractivity contribution is -0.146. The first-order valence-corrected chi connectivity index (χ1v) is 7.71. The molecule has 0 amide bonds. The molecule has 1 unspecified atom stereocenters. The largest absolute Gasteiger partial charge is 0.464 e. The fraction of sp³-hybridized carbons (Fsp3) is 0.471. The second kappa shape index (κ2) is 6.31. The maximum atomic E-state index is 12.0. The van der Waals surface area contributed by atoms with Crippen LogP contribution in [0.3, 0.4) is 0 Å². The summed E-state index contributed by atoms with van der Waals surface area (Å²) in [4.78, 5) is 15.2. The van der Waals surface area contributed by atoms with Gasteiger partial charge in [0.1, 0.15) is 6.04 Å². The van der Waals surface area contributed by atoms with Crippen molar-refractivity contribution in [3.05, 3.63) is 36.0 Å². The lowest BCUT2D eigenvalue weighted by Gasteiger charge is -2.14. The zero-order valence-electron chi connectivity index (χ0n) is 12.2. The van der Waals surface area contributed by atoms with Gasteiger partial charge in [0.25, 0.3) is 0 Å². The van der Waals surface area contributed by atoms with E-state index in [0.717, 1.165) is 16.5 Å². The zero-order valence-corrected chi connectivity index (χ0v) is 12.2. The second-order valence-corrected chi connectivity index (χ2v) is 5.95. The van der Waals surface area contributed by atoms with Crippen LogP contribution < -0.4 is 5.73 Å². The van der Waals surface area contributed by atoms with Crippen LogP contribution in [0.25, 0.3) is 10.9 Å². The molecular weight excluding hydrogens is 264 g/mol. The Kier molecular flexibility index (Phi) is 4.25. The number of rotatable bonds is 5. The van der Waals surface area contributed by atoms with Crippen LogP contribution in [-0.4, -0.2) is 23.6 Å². The van der Waals surface area contributed by atoms with Gasteiger partial charge >= 0.3 is 5.97 Å². The molecule has 112 valence electrons. The molecule has 2 aromatic rings. The topological polar surface area (TPSA) is 68.1 Å². The number of carbonyl (C=O) groups is 1. The van der Waals surface area contributed by atoms with E-state index in [1.54, 1.807) is 0 Å². The first-order chi connectivity index (χ1) is 10.2. The van der Waals surface area contributed by atoms with Crippen LogP contribution >= 0.6 is 0 Å². The maximum Gasteiger partial charge on any atom is 0.323 e. The van der Waals surface area contributed by atoms with Crippen LogP contribution in [0.15, 0.2) is 30.5 Å². The molecule has 1 fully saturated rings. The molecule has 1 aliphatic rings. The molecule has 4 heteroatoms. The molecule has 0 spiro atoms. The summed E-state index contributed by atoms with van der Waals surface area (Å²) in [5.41, 5.74) is 8.13. The van der Waals surface area contributed by atoms with E-state index in [1.165, 1.54) is 25.7 Å². The number of hydrogen-bond donors (Lipinski definition) is 2. The molecule has 0 radical (unpaired) electrons. The third-order valence-electron chi connectivity index (χ3n) is 4.35. The summed E-state index contributed by atoms with van der Waals surface area (Å²) in [6, 6.07) is 7.44. The number of H-pyrrole nitrogens is 1. The van der Waals surface area contributed by atoms with Gasteiger partial charge in [0, 0.05) is 23.5 Å². The number of aromatic nitrogens is 1. The third kappa shape index (κ3) is 3.27. The number of ether oxygens (including phenoxy) is 1. The van der Waals surface area contributed by atoms with Gasteiger partial charge in [-0.25, -0.2) is 0 Å². The Bertz CT molecular complexity index is 614. The second-order valence-electron chi connectivity index (χ2n) is 5.95. The highest BCUT2D eigenvalue weighted by Gasteiger charge is 2.21. The molecule has 1 saturated carbocycles. The van der Waals surface area contributed by atoms with Gasteiger partial charge in [0.15, 0.2) is 0 Å². The van der Waals surface area contributed by atoms with Crippen LogP contribution in [0.1, 0.15) is 31.2 Å². The van der Waals surface area contributed by atoms with E-state index < -0.39 is 6.04 Å². The van der Waals surface area contributed by atoms with Crippen LogP contribution in [0.2, 0.25) is 0 Å². The summed E-state index contributed by atoms with van der Waals surface area (Å²) in [6.45, 7) is 0.528. The van der Waals surface area contributed by atoms with E-state index >= 15 is 0 Å². The maximum absolute atomic E-state index is 12.0. The van der Waals surface area contributed by atoms with Crippen LogP contribution in [0.4, 0.5) is 0 Å². The molecule has 3 N–H and O–H groups in total. The molecule has 0 aliphatic heterocycles. The number of nitrogens with two attached hydrogens (primary N) is 1. The van der Waals surface area contributed by atoms with E-state index in [9.17, 15) is 4.79 Å². The fourth-order valence-electron chi connectivity index (χ4n) is 3.10. The predicted molar refractivity (Wildman–Crippen MR) is 82.9 cm³/mol. The molecule has 1 aromatic carbocycles. The molecule has 1 aliphatic carbocycles. The SMILES string of the molecule is NC(Cc1c[nH]c2ccccc12)C(=O)OCC1CCCC1. The highest BCUT2D eigenvalue weighted by atomic mass is 16.5. The van der Waals surface area contributed by atoms with Crippen molar-refractivity contribution >= 4 is 16.9 Å². The van der Waals surface area contributed by atoms with Crippen molar-refractivity contribution in [1.29, 1.82) is 0 Å². The number of hydrogen-bond acceptors (Lipinski definition) is 3. The molecule has 1 heterocycles. The summed E-state index contributed by atoms with van der Waals surface area (Å²) < 4.78 is 5.37. The van der Waals surface area contributed by atoms with E-state index in [0.29, 0.717) is 18.9 Å².